The van der Waals surface area contributed by atoms with Crippen molar-refractivity contribution < 1.29 is 4.74 Å². The molecule has 1 aliphatic rings. The van der Waals surface area contributed by atoms with Gasteiger partial charge in [-0.1, -0.05) is 103 Å². The fourth-order valence-corrected chi connectivity index (χ4v) is 7.29. The van der Waals surface area contributed by atoms with Crippen molar-refractivity contribution in [2.75, 3.05) is 0 Å². The minimum absolute atomic E-state index is 0.879. The maximum Gasteiger partial charge on any atom is 0.152 e. The number of para-hydroxylation sites is 5. The average Bonchev–Trinajstić information content (AvgIpc) is 3.60. The van der Waals surface area contributed by atoms with E-state index in [1.807, 2.05) is 6.07 Å². The van der Waals surface area contributed by atoms with Crippen molar-refractivity contribution in [3.63, 3.8) is 0 Å². The minimum atomic E-state index is 0.879. The summed E-state index contributed by atoms with van der Waals surface area (Å²) in [5.74, 6) is 1.77. The van der Waals surface area contributed by atoms with E-state index in [9.17, 15) is 0 Å². The molecule has 0 saturated carbocycles. The van der Waals surface area contributed by atoms with Crippen LogP contribution in [0.1, 0.15) is 0 Å². The summed E-state index contributed by atoms with van der Waals surface area (Å²) in [5, 5.41) is 7.57. The molecule has 3 heteroatoms. The van der Waals surface area contributed by atoms with Crippen LogP contribution in [0.5, 0.6) is 11.5 Å². The monoisotopic (exact) mass is 548 g/mol. The molecule has 0 amide bonds. The van der Waals surface area contributed by atoms with Crippen molar-refractivity contribution in [3.05, 3.63) is 146 Å². The number of hydrogen-bond acceptors (Lipinski definition) is 1. The van der Waals surface area contributed by atoms with Crippen LogP contribution in [-0.4, -0.2) is 9.13 Å². The third-order valence-electron chi connectivity index (χ3n) is 9.10. The zero-order chi connectivity index (χ0) is 28.1. The highest BCUT2D eigenvalue weighted by atomic mass is 16.5. The van der Waals surface area contributed by atoms with Gasteiger partial charge in [-0.2, -0.15) is 0 Å². The molecule has 0 aliphatic carbocycles. The molecule has 1 aliphatic heterocycles. The van der Waals surface area contributed by atoms with Gasteiger partial charge < -0.3 is 13.9 Å². The third-order valence-corrected chi connectivity index (χ3v) is 9.10. The van der Waals surface area contributed by atoms with Crippen molar-refractivity contribution in [3.8, 4) is 34.0 Å². The molecular weight excluding hydrogens is 524 g/mol. The van der Waals surface area contributed by atoms with E-state index in [0.717, 1.165) is 28.4 Å². The molecule has 0 bridgehead atoms. The van der Waals surface area contributed by atoms with Gasteiger partial charge in [-0.25, -0.2) is 0 Å². The smallest absolute Gasteiger partial charge is 0.152 e. The Kier molecular flexibility index (Phi) is 4.45. The lowest BCUT2D eigenvalue weighted by Crippen LogP contribution is -2.04. The molecule has 10 rings (SSSR count). The Hall–Kier alpha value is -5.80. The van der Waals surface area contributed by atoms with Gasteiger partial charge in [0.25, 0.3) is 0 Å². The van der Waals surface area contributed by atoms with Crippen molar-refractivity contribution in [1.82, 2.24) is 9.13 Å². The van der Waals surface area contributed by atoms with Crippen LogP contribution in [0.25, 0.3) is 76.9 Å². The Morgan fingerprint density at radius 3 is 2.02 bits per heavy atom. The highest BCUT2D eigenvalue weighted by Gasteiger charge is 2.25. The van der Waals surface area contributed by atoms with Gasteiger partial charge in [-0.15, -0.1) is 0 Å². The van der Waals surface area contributed by atoms with Crippen molar-refractivity contribution in [2.24, 2.45) is 0 Å². The topological polar surface area (TPSA) is 19.1 Å². The predicted octanol–water partition coefficient (Wildman–Crippen LogP) is 10.8. The number of aromatic nitrogens is 2. The summed E-state index contributed by atoms with van der Waals surface area (Å²) >= 11 is 0. The van der Waals surface area contributed by atoms with Crippen molar-refractivity contribution >= 4 is 54.4 Å². The number of ether oxygens (including phenoxy) is 1. The molecule has 43 heavy (non-hydrogen) atoms. The van der Waals surface area contributed by atoms with Gasteiger partial charge in [0.05, 0.1) is 27.8 Å². The second-order valence-electron chi connectivity index (χ2n) is 11.3. The maximum absolute atomic E-state index is 6.36. The molecule has 0 spiro atoms. The molecular formula is C40H24N2O. The van der Waals surface area contributed by atoms with Gasteiger partial charge in [0.15, 0.2) is 11.5 Å². The summed E-state index contributed by atoms with van der Waals surface area (Å²) in [6, 6.07) is 52.3. The summed E-state index contributed by atoms with van der Waals surface area (Å²) in [6.07, 6.45) is 0. The second kappa shape index (κ2) is 8.37. The molecule has 0 saturated heterocycles. The summed E-state index contributed by atoms with van der Waals surface area (Å²) in [6.45, 7) is 0. The largest absolute Gasteiger partial charge is 0.453 e. The van der Waals surface area contributed by atoms with Crippen LogP contribution < -0.4 is 4.74 Å². The van der Waals surface area contributed by atoms with E-state index in [-0.39, 0.29) is 0 Å². The van der Waals surface area contributed by atoms with Crippen LogP contribution in [0, 0.1) is 0 Å². The lowest BCUT2D eigenvalue weighted by molar-refractivity contribution is 0.476. The Balaban J connectivity index is 1.21. The van der Waals surface area contributed by atoms with Crippen molar-refractivity contribution in [1.29, 1.82) is 0 Å². The Morgan fingerprint density at radius 2 is 1.12 bits per heavy atom. The van der Waals surface area contributed by atoms with Crippen LogP contribution in [-0.2, 0) is 0 Å². The van der Waals surface area contributed by atoms with E-state index in [4.69, 9.17) is 4.74 Å². The van der Waals surface area contributed by atoms with E-state index in [2.05, 4.69) is 149 Å². The lowest BCUT2D eigenvalue weighted by Gasteiger charge is -2.21. The first-order valence-electron chi connectivity index (χ1n) is 14.7. The molecule has 0 atom stereocenters. The summed E-state index contributed by atoms with van der Waals surface area (Å²) in [4.78, 5) is 0. The normalized spacial score (nSPS) is 12.4. The Bertz CT molecular complexity index is 2580. The number of fused-ring (bicyclic) bond motifs is 10. The zero-order valence-corrected chi connectivity index (χ0v) is 23.2. The maximum atomic E-state index is 6.36. The van der Waals surface area contributed by atoms with E-state index < -0.39 is 0 Å². The van der Waals surface area contributed by atoms with E-state index in [1.165, 1.54) is 60.0 Å². The van der Waals surface area contributed by atoms with E-state index in [0.29, 0.717) is 0 Å². The van der Waals surface area contributed by atoms with Gasteiger partial charge in [0.1, 0.15) is 0 Å². The zero-order valence-electron chi connectivity index (χ0n) is 23.2. The molecule has 0 radical (unpaired) electrons. The van der Waals surface area contributed by atoms with E-state index in [1.54, 1.807) is 0 Å². The SMILES string of the molecule is c1ccc2c(c1)Oc1cccc3c4cccc(-c5ccc(-n6c7ccccc7c7c8ccccc8ccc76)cc5)c4n-2c13. The van der Waals surface area contributed by atoms with Crippen LogP contribution in [0.15, 0.2) is 146 Å². The first-order valence-corrected chi connectivity index (χ1v) is 14.7. The second-order valence-corrected chi connectivity index (χ2v) is 11.3. The van der Waals surface area contributed by atoms with E-state index >= 15 is 0 Å². The fourth-order valence-electron chi connectivity index (χ4n) is 7.29. The van der Waals surface area contributed by atoms with Crippen molar-refractivity contribution in [2.45, 2.75) is 0 Å². The Labute approximate surface area is 247 Å². The number of benzene rings is 7. The molecule has 9 aromatic rings. The summed E-state index contributed by atoms with van der Waals surface area (Å²) in [7, 11) is 0. The minimum Gasteiger partial charge on any atom is -0.453 e. The molecule has 3 nitrogen and oxygen atoms in total. The quantitative estimate of drug-likeness (QED) is 0.210. The summed E-state index contributed by atoms with van der Waals surface area (Å²) in [5.41, 5.74) is 9.38. The van der Waals surface area contributed by atoms with Gasteiger partial charge >= 0.3 is 0 Å². The molecule has 7 aromatic carbocycles. The lowest BCUT2D eigenvalue weighted by atomic mass is 10.0. The standard InChI is InChI=1S/C40H24N2O/c1-2-10-28-25(9-1)21-24-35-38(28)32-11-3-4-15-33(32)41(35)27-22-19-26(20-23-27)29-12-7-13-30-31-14-8-18-37-40(31)42(39(29)30)34-16-5-6-17-36(34)43-37/h1-24H. The molecule has 200 valence electrons. The first kappa shape index (κ1) is 22.8. The number of rotatable bonds is 2. The fraction of sp³-hybridized carbons (Fsp3) is 0. The van der Waals surface area contributed by atoms with Gasteiger partial charge in [-0.3, -0.25) is 0 Å². The first-order chi connectivity index (χ1) is 21.3. The average molecular weight is 549 g/mol. The van der Waals surface area contributed by atoms with Crippen LogP contribution in [0.2, 0.25) is 0 Å². The van der Waals surface area contributed by atoms with Crippen LogP contribution in [0.4, 0.5) is 0 Å². The molecule has 0 fully saturated rings. The highest BCUT2D eigenvalue weighted by Crippen LogP contribution is 2.47. The van der Waals surface area contributed by atoms with Gasteiger partial charge in [-0.05, 0) is 58.8 Å². The molecule has 3 heterocycles. The molecule has 0 N–H and O–H groups in total. The highest BCUT2D eigenvalue weighted by molar-refractivity contribution is 6.21. The molecule has 2 aromatic heterocycles. The summed E-state index contributed by atoms with van der Waals surface area (Å²) < 4.78 is 11.1. The third kappa shape index (κ3) is 3.03. The number of hydrogen-bond donors (Lipinski definition) is 0. The van der Waals surface area contributed by atoms with Gasteiger partial charge in [0, 0.05) is 32.8 Å². The number of nitrogens with zero attached hydrogens (tertiary/aromatic N) is 2. The van der Waals surface area contributed by atoms with Gasteiger partial charge in [0.2, 0.25) is 0 Å². The van der Waals surface area contributed by atoms with Crippen LogP contribution in [0.3, 0.4) is 0 Å². The van der Waals surface area contributed by atoms with Crippen LogP contribution >= 0.6 is 0 Å². The molecule has 0 unspecified atom stereocenters. The predicted molar refractivity (Wildman–Crippen MR) is 178 cm³/mol. The Morgan fingerprint density at radius 1 is 0.419 bits per heavy atom.